The molecule has 1 aliphatic heterocycles. The molecule has 17 heavy (non-hydrogen) atoms. The fourth-order valence-corrected chi connectivity index (χ4v) is 2.12. The normalized spacial score (nSPS) is 19.5. The van der Waals surface area contributed by atoms with Crippen LogP contribution in [0, 0.1) is 6.92 Å². The van der Waals surface area contributed by atoms with E-state index in [2.05, 4.69) is 4.98 Å². The minimum atomic E-state index is -0.352. The molecule has 1 aliphatic rings. The van der Waals surface area contributed by atoms with Crippen molar-refractivity contribution in [2.45, 2.75) is 13.0 Å². The van der Waals surface area contributed by atoms with Gasteiger partial charge in [-0.1, -0.05) is 18.2 Å². The van der Waals surface area contributed by atoms with Gasteiger partial charge in [-0.3, -0.25) is 9.78 Å². The van der Waals surface area contributed by atoms with Crippen molar-refractivity contribution >= 4 is 22.5 Å². The van der Waals surface area contributed by atoms with Crippen LogP contribution in [0.5, 0.6) is 0 Å². The average molecular weight is 227 g/mol. The van der Waals surface area contributed by atoms with E-state index in [1.54, 1.807) is 4.90 Å². The molecule has 1 atom stereocenters. The maximum Gasteiger partial charge on any atom is 0.245 e. The van der Waals surface area contributed by atoms with Crippen molar-refractivity contribution in [3.8, 4) is 0 Å². The fraction of sp³-hybridized carbons (Fsp3) is 0.231. The zero-order valence-electron chi connectivity index (χ0n) is 9.55. The number of hydrogen-bond donors (Lipinski definition) is 1. The third-order valence-electron chi connectivity index (χ3n) is 3.09. The molecule has 1 fully saturated rings. The standard InChI is InChI=1S/C13H13N3O/c1-8-5-6-9-3-2-4-11(12(9)15-8)16-7-10(14)13(16)17/h2-6,10H,7,14H2,1H3. The van der Waals surface area contributed by atoms with Crippen LogP contribution in [0.1, 0.15) is 5.69 Å². The second-order valence-corrected chi connectivity index (χ2v) is 4.36. The Kier molecular flexibility index (Phi) is 2.12. The Bertz CT molecular complexity index is 609. The molecule has 1 amide bonds. The molecule has 86 valence electrons. The number of carbonyl (C=O) groups excluding carboxylic acids is 1. The van der Waals surface area contributed by atoms with E-state index < -0.39 is 0 Å². The van der Waals surface area contributed by atoms with Gasteiger partial charge in [-0.05, 0) is 19.1 Å². The van der Waals surface area contributed by atoms with Gasteiger partial charge in [0, 0.05) is 11.1 Å². The van der Waals surface area contributed by atoms with Crippen molar-refractivity contribution in [2.24, 2.45) is 5.73 Å². The van der Waals surface area contributed by atoms with Gasteiger partial charge in [0.2, 0.25) is 5.91 Å². The summed E-state index contributed by atoms with van der Waals surface area (Å²) in [5.74, 6) is -0.0270. The van der Waals surface area contributed by atoms with Crippen LogP contribution in [0.3, 0.4) is 0 Å². The molecule has 1 aromatic carbocycles. The summed E-state index contributed by atoms with van der Waals surface area (Å²) in [6, 6.07) is 9.48. The van der Waals surface area contributed by atoms with Crippen LogP contribution in [0.2, 0.25) is 0 Å². The summed E-state index contributed by atoms with van der Waals surface area (Å²) in [7, 11) is 0. The molecule has 4 heteroatoms. The van der Waals surface area contributed by atoms with Gasteiger partial charge in [0.1, 0.15) is 6.04 Å². The largest absolute Gasteiger partial charge is 0.318 e. The predicted octanol–water partition coefficient (Wildman–Crippen LogP) is 1.22. The summed E-state index contributed by atoms with van der Waals surface area (Å²) in [4.78, 5) is 17.9. The molecule has 0 spiro atoms. The molecule has 4 nitrogen and oxygen atoms in total. The molecule has 1 aromatic heterocycles. The van der Waals surface area contributed by atoms with Crippen molar-refractivity contribution < 1.29 is 4.79 Å². The Balaban J connectivity index is 2.16. The molecule has 2 heterocycles. The molecule has 0 radical (unpaired) electrons. The lowest BCUT2D eigenvalue weighted by Gasteiger charge is -2.36. The maximum atomic E-state index is 11.7. The summed E-state index contributed by atoms with van der Waals surface area (Å²) < 4.78 is 0. The van der Waals surface area contributed by atoms with Gasteiger partial charge in [-0.15, -0.1) is 0 Å². The van der Waals surface area contributed by atoms with E-state index in [1.165, 1.54) is 0 Å². The predicted molar refractivity (Wildman–Crippen MR) is 66.8 cm³/mol. The first-order chi connectivity index (χ1) is 8.16. The molecular weight excluding hydrogens is 214 g/mol. The van der Waals surface area contributed by atoms with Crippen LogP contribution in [-0.4, -0.2) is 23.5 Å². The highest BCUT2D eigenvalue weighted by molar-refractivity contribution is 6.08. The number of aromatic nitrogens is 1. The van der Waals surface area contributed by atoms with Gasteiger partial charge in [-0.2, -0.15) is 0 Å². The lowest BCUT2D eigenvalue weighted by atomic mass is 10.1. The van der Waals surface area contributed by atoms with E-state index >= 15 is 0 Å². The highest BCUT2D eigenvalue weighted by atomic mass is 16.2. The van der Waals surface area contributed by atoms with Gasteiger partial charge in [0.05, 0.1) is 17.7 Å². The van der Waals surface area contributed by atoms with E-state index in [4.69, 9.17) is 5.73 Å². The van der Waals surface area contributed by atoms with E-state index in [0.717, 1.165) is 22.3 Å². The second-order valence-electron chi connectivity index (χ2n) is 4.36. The lowest BCUT2D eigenvalue weighted by Crippen LogP contribution is -2.61. The van der Waals surface area contributed by atoms with Crippen molar-refractivity contribution in [1.29, 1.82) is 0 Å². The van der Waals surface area contributed by atoms with Crippen LogP contribution >= 0.6 is 0 Å². The number of amides is 1. The Hall–Kier alpha value is -1.94. The summed E-state index contributed by atoms with van der Waals surface area (Å²) in [5, 5.41) is 1.04. The number of aryl methyl sites for hydroxylation is 1. The fourth-order valence-electron chi connectivity index (χ4n) is 2.12. The van der Waals surface area contributed by atoms with Crippen LogP contribution in [-0.2, 0) is 4.79 Å². The molecule has 2 aromatic rings. The zero-order chi connectivity index (χ0) is 12.0. The summed E-state index contributed by atoms with van der Waals surface area (Å²) in [6.45, 7) is 2.52. The molecule has 2 N–H and O–H groups in total. The molecular formula is C13H13N3O. The topological polar surface area (TPSA) is 59.2 Å². The molecule has 1 unspecified atom stereocenters. The smallest absolute Gasteiger partial charge is 0.245 e. The van der Waals surface area contributed by atoms with Gasteiger partial charge in [0.15, 0.2) is 0 Å². The number of carbonyl (C=O) groups is 1. The molecule has 3 rings (SSSR count). The molecule has 0 bridgehead atoms. The van der Waals surface area contributed by atoms with E-state index in [0.29, 0.717) is 6.54 Å². The van der Waals surface area contributed by atoms with E-state index in [1.807, 2.05) is 37.3 Å². The third-order valence-corrected chi connectivity index (χ3v) is 3.09. The number of nitrogens with zero attached hydrogens (tertiary/aromatic N) is 2. The number of rotatable bonds is 1. The lowest BCUT2D eigenvalue weighted by molar-refractivity contribution is -0.123. The molecule has 0 aliphatic carbocycles. The summed E-state index contributed by atoms with van der Waals surface area (Å²) in [5.41, 5.74) is 8.29. The zero-order valence-corrected chi connectivity index (χ0v) is 9.55. The first-order valence-corrected chi connectivity index (χ1v) is 5.60. The Labute approximate surface area is 99.0 Å². The second kappa shape index (κ2) is 3.53. The van der Waals surface area contributed by atoms with E-state index in [9.17, 15) is 4.79 Å². The Morgan fingerprint density at radius 3 is 2.88 bits per heavy atom. The minimum Gasteiger partial charge on any atom is -0.318 e. The Morgan fingerprint density at radius 2 is 2.18 bits per heavy atom. The van der Waals surface area contributed by atoms with Crippen LogP contribution in [0.4, 0.5) is 5.69 Å². The quantitative estimate of drug-likeness (QED) is 0.745. The number of nitrogens with two attached hydrogens (primary N) is 1. The van der Waals surface area contributed by atoms with Crippen molar-refractivity contribution in [3.05, 3.63) is 36.0 Å². The SMILES string of the molecule is Cc1ccc2cccc(N3CC(N)C3=O)c2n1. The Morgan fingerprint density at radius 1 is 1.35 bits per heavy atom. The number of pyridine rings is 1. The highest BCUT2D eigenvalue weighted by Gasteiger charge is 2.35. The number of hydrogen-bond acceptors (Lipinski definition) is 3. The summed E-state index contributed by atoms with van der Waals surface area (Å²) in [6.07, 6.45) is 0. The number of fused-ring (bicyclic) bond motifs is 1. The first-order valence-electron chi connectivity index (χ1n) is 5.60. The van der Waals surface area contributed by atoms with Gasteiger partial charge >= 0.3 is 0 Å². The van der Waals surface area contributed by atoms with Crippen molar-refractivity contribution in [2.75, 3.05) is 11.4 Å². The molecule has 1 saturated heterocycles. The van der Waals surface area contributed by atoms with Crippen molar-refractivity contribution in [3.63, 3.8) is 0 Å². The number of β-lactam (4-membered cyclic amide) rings is 1. The monoisotopic (exact) mass is 227 g/mol. The third kappa shape index (κ3) is 1.49. The van der Waals surface area contributed by atoms with Gasteiger partial charge in [0.25, 0.3) is 0 Å². The minimum absolute atomic E-state index is 0.0270. The number of benzene rings is 1. The highest BCUT2D eigenvalue weighted by Crippen LogP contribution is 2.28. The van der Waals surface area contributed by atoms with Crippen LogP contribution in [0.15, 0.2) is 30.3 Å². The van der Waals surface area contributed by atoms with Gasteiger partial charge < -0.3 is 10.6 Å². The van der Waals surface area contributed by atoms with Gasteiger partial charge in [-0.25, -0.2) is 0 Å². The summed E-state index contributed by atoms with van der Waals surface area (Å²) >= 11 is 0. The maximum absolute atomic E-state index is 11.7. The van der Waals surface area contributed by atoms with Crippen LogP contribution in [0.25, 0.3) is 10.9 Å². The van der Waals surface area contributed by atoms with Crippen molar-refractivity contribution in [1.82, 2.24) is 4.98 Å². The number of para-hydroxylation sites is 1. The van der Waals surface area contributed by atoms with Crippen LogP contribution < -0.4 is 10.6 Å². The molecule has 0 saturated carbocycles. The van der Waals surface area contributed by atoms with E-state index in [-0.39, 0.29) is 11.9 Å². The first kappa shape index (κ1) is 10.2. The average Bonchev–Trinajstić information content (AvgIpc) is 2.35. The number of anilines is 1.